The van der Waals surface area contributed by atoms with Crippen LogP contribution >= 0.6 is 31.9 Å². The molecule has 27 heavy (non-hydrogen) atoms. The molecule has 0 aliphatic heterocycles. The van der Waals surface area contributed by atoms with Crippen molar-refractivity contribution in [3.8, 4) is 17.2 Å². The van der Waals surface area contributed by atoms with Crippen molar-refractivity contribution in [3.63, 3.8) is 0 Å². The van der Waals surface area contributed by atoms with E-state index in [1.54, 1.807) is 19.2 Å². The second-order valence-corrected chi connectivity index (χ2v) is 6.81. The molecule has 0 saturated carbocycles. The summed E-state index contributed by atoms with van der Waals surface area (Å²) in [6.45, 7) is 2.25. The molecule has 3 N–H and O–H groups in total. The largest absolute Gasteiger partial charge is 0.503 e. The monoisotopic (exact) mass is 499 g/mol. The van der Waals surface area contributed by atoms with E-state index in [2.05, 4.69) is 47.7 Å². The van der Waals surface area contributed by atoms with Crippen molar-refractivity contribution in [2.45, 2.75) is 6.92 Å². The highest BCUT2D eigenvalue weighted by Crippen LogP contribution is 2.41. The van der Waals surface area contributed by atoms with Gasteiger partial charge in [0.2, 0.25) is 0 Å². The predicted molar refractivity (Wildman–Crippen MR) is 112 cm³/mol. The van der Waals surface area contributed by atoms with Crippen molar-refractivity contribution in [3.05, 3.63) is 44.8 Å². The number of aromatic hydroxyl groups is 1. The minimum absolute atomic E-state index is 0.00841. The Morgan fingerprint density at radius 3 is 2.70 bits per heavy atom. The van der Waals surface area contributed by atoms with Gasteiger partial charge in [0.25, 0.3) is 5.91 Å². The van der Waals surface area contributed by atoms with E-state index in [1.807, 2.05) is 25.1 Å². The third kappa shape index (κ3) is 5.61. The van der Waals surface area contributed by atoms with Crippen molar-refractivity contribution in [2.75, 3.05) is 25.6 Å². The molecule has 7 nitrogen and oxygen atoms in total. The molecule has 0 bridgehead atoms. The Kier molecular flexibility index (Phi) is 7.93. The van der Waals surface area contributed by atoms with Gasteiger partial charge < -0.3 is 19.9 Å². The zero-order valence-corrected chi connectivity index (χ0v) is 17.9. The summed E-state index contributed by atoms with van der Waals surface area (Å²) < 4.78 is 11.6. The fraction of sp³-hybridized carbons (Fsp3) is 0.222. The summed E-state index contributed by atoms with van der Waals surface area (Å²) in [4.78, 5) is 12.0. The van der Waals surface area contributed by atoms with E-state index >= 15 is 0 Å². The van der Waals surface area contributed by atoms with E-state index in [0.29, 0.717) is 38.3 Å². The number of carbonyl (C=O) groups is 1. The molecule has 2 rings (SSSR count). The molecule has 0 aliphatic rings. The molecule has 0 aliphatic carbocycles. The topological polar surface area (TPSA) is 92.2 Å². The van der Waals surface area contributed by atoms with E-state index in [-0.39, 0.29) is 18.2 Å². The minimum Gasteiger partial charge on any atom is -0.503 e. The number of carbonyl (C=O) groups excluding carboxylic acids is 1. The lowest BCUT2D eigenvalue weighted by atomic mass is 10.2. The highest BCUT2D eigenvalue weighted by atomic mass is 79.9. The van der Waals surface area contributed by atoms with Crippen LogP contribution < -0.4 is 20.2 Å². The molecule has 2 aromatic carbocycles. The Labute approximate surface area is 174 Å². The lowest BCUT2D eigenvalue weighted by molar-refractivity contribution is -0.119. The van der Waals surface area contributed by atoms with Crippen LogP contribution in [0.4, 0.5) is 5.69 Å². The maximum absolute atomic E-state index is 12.0. The first kappa shape index (κ1) is 21.0. The molecule has 0 aromatic heterocycles. The molecule has 0 radical (unpaired) electrons. The maximum atomic E-state index is 12.0. The van der Waals surface area contributed by atoms with Gasteiger partial charge in [-0.3, -0.25) is 4.79 Å². The van der Waals surface area contributed by atoms with Crippen molar-refractivity contribution in [2.24, 2.45) is 5.10 Å². The number of methoxy groups -OCH3 is 1. The van der Waals surface area contributed by atoms with Crippen LogP contribution in [0.15, 0.2) is 44.4 Å². The van der Waals surface area contributed by atoms with Gasteiger partial charge in [0.1, 0.15) is 5.75 Å². The van der Waals surface area contributed by atoms with Crippen LogP contribution in [0.3, 0.4) is 0 Å². The summed E-state index contributed by atoms with van der Waals surface area (Å²) >= 11 is 6.66. The Balaban J connectivity index is 1.99. The first-order valence-corrected chi connectivity index (χ1v) is 9.59. The van der Waals surface area contributed by atoms with Crippen LogP contribution in [0.2, 0.25) is 0 Å². The van der Waals surface area contributed by atoms with Crippen LogP contribution in [-0.2, 0) is 4.79 Å². The third-order valence-corrected chi connectivity index (χ3v) is 5.57. The number of hydrazone groups is 1. The van der Waals surface area contributed by atoms with E-state index in [0.717, 1.165) is 0 Å². The number of benzene rings is 2. The van der Waals surface area contributed by atoms with Crippen LogP contribution in [0, 0.1) is 0 Å². The highest BCUT2D eigenvalue weighted by molar-refractivity contribution is 9.13. The Hall–Kier alpha value is -2.26. The Morgan fingerprint density at radius 1 is 1.26 bits per heavy atom. The normalized spacial score (nSPS) is 10.7. The summed E-state index contributed by atoms with van der Waals surface area (Å²) in [7, 11) is 1.56. The average molecular weight is 501 g/mol. The standard InChI is InChI=1S/C18H19Br2N3O4/c1-3-27-14-8-11(16(19)17(20)18(14)25)9-22-23-15(24)10-21-12-6-4-5-7-13(12)26-2/h4-9,21,25H,3,10H2,1-2H3,(H,23,24)/b22-9-. The zero-order valence-electron chi connectivity index (χ0n) is 14.8. The van der Waals surface area contributed by atoms with Gasteiger partial charge >= 0.3 is 0 Å². The van der Waals surface area contributed by atoms with Crippen LogP contribution in [-0.4, -0.2) is 37.5 Å². The van der Waals surface area contributed by atoms with Crippen LogP contribution in [0.1, 0.15) is 12.5 Å². The minimum atomic E-state index is -0.323. The van der Waals surface area contributed by atoms with E-state index in [9.17, 15) is 9.90 Å². The molecule has 2 aromatic rings. The van der Waals surface area contributed by atoms with Crippen molar-refractivity contribution < 1.29 is 19.4 Å². The van der Waals surface area contributed by atoms with E-state index < -0.39 is 0 Å². The molecule has 0 spiro atoms. The summed E-state index contributed by atoms with van der Waals surface area (Å²) in [5.41, 5.74) is 3.78. The van der Waals surface area contributed by atoms with E-state index in [4.69, 9.17) is 9.47 Å². The number of para-hydroxylation sites is 2. The van der Waals surface area contributed by atoms with Gasteiger partial charge in [-0.2, -0.15) is 5.10 Å². The molecular weight excluding hydrogens is 482 g/mol. The fourth-order valence-electron chi connectivity index (χ4n) is 2.15. The second kappa shape index (κ2) is 10.2. The lowest BCUT2D eigenvalue weighted by Crippen LogP contribution is -2.26. The number of amides is 1. The maximum Gasteiger partial charge on any atom is 0.259 e. The number of nitrogens with one attached hydrogen (secondary N) is 2. The number of anilines is 1. The molecule has 0 atom stereocenters. The quantitative estimate of drug-likeness (QED) is 0.378. The first-order chi connectivity index (χ1) is 13.0. The molecule has 0 saturated heterocycles. The summed E-state index contributed by atoms with van der Waals surface area (Å²) in [5, 5.41) is 17.0. The number of ether oxygens (including phenoxy) is 2. The van der Waals surface area contributed by atoms with Gasteiger partial charge in [-0.1, -0.05) is 12.1 Å². The highest BCUT2D eigenvalue weighted by Gasteiger charge is 2.14. The molecule has 1 amide bonds. The lowest BCUT2D eigenvalue weighted by Gasteiger charge is -2.11. The average Bonchev–Trinajstić information content (AvgIpc) is 2.68. The number of nitrogens with zero attached hydrogens (tertiary/aromatic N) is 1. The van der Waals surface area contributed by atoms with Gasteiger partial charge in [0.05, 0.1) is 36.6 Å². The number of phenols is 1. The zero-order chi connectivity index (χ0) is 19.8. The SMILES string of the molecule is CCOc1cc(/C=N\NC(=O)CNc2ccccc2OC)c(Br)c(Br)c1O. The summed E-state index contributed by atoms with van der Waals surface area (Å²) in [6, 6.07) is 8.93. The Bertz CT molecular complexity index is 844. The van der Waals surface area contributed by atoms with Gasteiger partial charge in [-0.05, 0) is 57.0 Å². The Morgan fingerprint density at radius 2 is 2.00 bits per heavy atom. The smallest absolute Gasteiger partial charge is 0.259 e. The molecular formula is C18H19Br2N3O4. The predicted octanol–water partition coefficient (Wildman–Crippen LogP) is 3.89. The number of phenolic OH excluding ortho intramolecular Hbond substituents is 1. The molecule has 0 heterocycles. The molecule has 144 valence electrons. The second-order valence-electron chi connectivity index (χ2n) is 5.22. The van der Waals surface area contributed by atoms with Crippen LogP contribution in [0.25, 0.3) is 0 Å². The molecule has 0 fully saturated rings. The van der Waals surface area contributed by atoms with Gasteiger partial charge in [-0.15, -0.1) is 0 Å². The van der Waals surface area contributed by atoms with Gasteiger partial charge in [0.15, 0.2) is 11.5 Å². The third-order valence-electron chi connectivity index (χ3n) is 3.41. The van der Waals surface area contributed by atoms with E-state index in [1.165, 1.54) is 6.21 Å². The van der Waals surface area contributed by atoms with Gasteiger partial charge in [0, 0.05) is 10.0 Å². The molecule has 0 unspecified atom stereocenters. The molecule has 9 heteroatoms. The number of halogens is 2. The fourth-order valence-corrected chi connectivity index (χ4v) is 2.98. The summed E-state index contributed by atoms with van der Waals surface area (Å²) in [6.07, 6.45) is 1.46. The van der Waals surface area contributed by atoms with Crippen molar-refractivity contribution in [1.29, 1.82) is 0 Å². The van der Waals surface area contributed by atoms with Gasteiger partial charge in [-0.25, -0.2) is 5.43 Å². The number of rotatable bonds is 8. The number of hydrogen-bond donors (Lipinski definition) is 3. The number of hydrogen-bond acceptors (Lipinski definition) is 6. The van der Waals surface area contributed by atoms with Crippen molar-refractivity contribution in [1.82, 2.24) is 5.43 Å². The summed E-state index contributed by atoms with van der Waals surface area (Å²) in [5.74, 6) is 0.635. The first-order valence-electron chi connectivity index (χ1n) is 8.00. The van der Waals surface area contributed by atoms with Crippen molar-refractivity contribution >= 4 is 49.7 Å². The van der Waals surface area contributed by atoms with Crippen LogP contribution in [0.5, 0.6) is 17.2 Å².